The first kappa shape index (κ1) is 23.3. The summed E-state index contributed by atoms with van der Waals surface area (Å²) in [6, 6.07) is 13.9. The number of hydrogen-bond donors (Lipinski definition) is 1. The fourth-order valence-corrected chi connectivity index (χ4v) is 4.33. The van der Waals surface area contributed by atoms with Crippen molar-refractivity contribution in [1.29, 1.82) is 0 Å². The molecule has 0 saturated carbocycles. The Morgan fingerprint density at radius 2 is 1.94 bits per heavy atom. The van der Waals surface area contributed by atoms with Gasteiger partial charge in [0.05, 0.1) is 5.75 Å². The van der Waals surface area contributed by atoms with Gasteiger partial charge in [0.2, 0.25) is 5.91 Å². The lowest BCUT2D eigenvalue weighted by Crippen LogP contribution is -2.15. The Labute approximate surface area is 195 Å². The highest BCUT2D eigenvalue weighted by Gasteiger charge is 2.14. The molecule has 0 spiro atoms. The smallest absolute Gasteiger partial charge is 0.234 e. The van der Waals surface area contributed by atoms with Crippen LogP contribution in [0.4, 0.5) is 5.69 Å². The number of anilines is 1. The second kappa shape index (κ2) is 10.8. The first-order chi connectivity index (χ1) is 14.9. The van der Waals surface area contributed by atoms with Crippen molar-refractivity contribution >= 4 is 39.3 Å². The van der Waals surface area contributed by atoms with Gasteiger partial charge in [-0.25, -0.2) is 0 Å². The number of aryl methyl sites for hydroxylation is 1. The predicted molar refractivity (Wildman–Crippen MR) is 129 cm³/mol. The third-order valence-corrected chi connectivity index (χ3v) is 6.28. The van der Waals surface area contributed by atoms with Crippen LogP contribution in [0, 0.1) is 6.92 Å². The maximum Gasteiger partial charge on any atom is 0.234 e. The molecule has 1 amide bonds. The van der Waals surface area contributed by atoms with Gasteiger partial charge >= 0.3 is 0 Å². The molecule has 0 radical (unpaired) electrons. The minimum absolute atomic E-state index is 0.0795. The second-order valence-corrected chi connectivity index (χ2v) is 9.31. The summed E-state index contributed by atoms with van der Waals surface area (Å²) >= 11 is 4.80. The maximum absolute atomic E-state index is 12.4. The number of halogens is 1. The minimum atomic E-state index is -0.0795. The van der Waals surface area contributed by atoms with Crippen LogP contribution < -0.4 is 10.1 Å². The average molecular weight is 503 g/mol. The summed E-state index contributed by atoms with van der Waals surface area (Å²) < 4.78 is 8.86. The van der Waals surface area contributed by atoms with E-state index in [4.69, 9.17) is 4.74 Å². The van der Waals surface area contributed by atoms with Gasteiger partial charge in [-0.3, -0.25) is 4.79 Å². The first-order valence-corrected chi connectivity index (χ1v) is 12.0. The molecule has 8 heteroatoms. The molecule has 0 unspecified atom stereocenters. The average Bonchev–Trinajstić information content (AvgIpc) is 3.15. The van der Waals surface area contributed by atoms with E-state index in [0.717, 1.165) is 27.3 Å². The van der Waals surface area contributed by atoms with Crippen LogP contribution in [-0.4, -0.2) is 26.4 Å². The summed E-state index contributed by atoms with van der Waals surface area (Å²) in [4.78, 5) is 12.4. The molecule has 0 saturated heterocycles. The first-order valence-electron chi connectivity index (χ1n) is 10.2. The van der Waals surface area contributed by atoms with E-state index in [-0.39, 0.29) is 11.7 Å². The van der Waals surface area contributed by atoms with Crippen molar-refractivity contribution in [2.24, 2.45) is 0 Å². The van der Waals surface area contributed by atoms with E-state index in [2.05, 4.69) is 57.4 Å². The summed E-state index contributed by atoms with van der Waals surface area (Å²) in [5.41, 5.74) is 3.09. The van der Waals surface area contributed by atoms with E-state index >= 15 is 0 Å². The van der Waals surface area contributed by atoms with E-state index in [9.17, 15) is 4.79 Å². The van der Waals surface area contributed by atoms with Gasteiger partial charge in [0.25, 0.3) is 0 Å². The predicted octanol–water partition coefficient (Wildman–Crippen LogP) is 5.80. The molecule has 1 aromatic heterocycles. The van der Waals surface area contributed by atoms with Gasteiger partial charge in [0.15, 0.2) is 11.0 Å². The number of nitrogens with zero attached hydrogens (tertiary/aromatic N) is 3. The van der Waals surface area contributed by atoms with Crippen molar-refractivity contribution in [1.82, 2.24) is 14.8 Å². The van der Waals surface area contributed by atoms with Crippen LogP contribution in [0.15, 0.2) is 52.1 Å². The van der Waals surface area contributed by atoms with Crippen molar-refractivity contribution in [3.05, 3.63) is 63.9 Å². The molecule has 2 aromatic carbocycles. The van der Waals surface area contributed by atoms with Gasteiger partial charge in [-0.2, -0.15) is 0 Å². The molecule has 31 heavy (non-hydrogen) atoms. The van der Waals surface area contributed by atoms with Gasteiger partial charge in [-0.1, -0.05) is 53.7 Å². The summed E-state index contributed by atoms with van der Waals surface area (Å²) in [7, 11) is 0. The molecular formula is C23H27BrN4O2S. The topological polar surface area (TPSA) is 69.0 Å². The van der Waals surface area contributed by atoms with Crippen molar-refractivity contribution in [3.63, 3.8) is 0 Å². The van der Waals surface area contributed by atoms with Crippen LogP contribution in [0.2, 0.25) is 0 Å². The zero-order valence-electron chi connectivity index (χ0n) is 18.2. The number of thioether (sulfide) groups is 1. The number of benzene rings is 2. The molecule has 0 fully saturated rings. The fraction of sp³-hybridized carbons (Fsp3) is 0.348. The van der Waals surface area contributed by atoms with E-state index in [1.54, 1.807) is 0 Å². The molecule has 0 aliphatic heterocycles. The van der Waals surface area contributed by atoms with Gasteiger partial charge in [-0.15, -0.1) is 10.2 Å². The summed E-state index contributed by atoms with van der Waals surface area (Å²) in [6.07, 6.45) is 0. The highest BCUT2D eigenvalue weighted by molar-refractivity contribution is 9.10. The molecule has 3 rings (SSSR count). The molecule has 3 aromatic rings. The Kier molecular flexibility index (Phi) is 8.15. The molecule has 0 aliphatic carbocycles. The zero-order chi connectivity index (χ0) is 22.4. The lowest BCUT2D eigenvalue weighted by molar-refractivity contribution is -0.113. The molecule has 0 atom stereocenters. The third kappa shape index (κ3) is 6.33. The Morgan fingerprint density at radius 1 is 1.19 bits per heavy atom. The van der Waals surface area contributed by atoms with E-state index in [1.165, 1.54) is 17.3 Å². The van der Waals surface area contributed by atoms with Crippen LogP contribution >= 0.6 is 27.7 Å². The van der Waals surface area contributed by atoms with Gasteiger partial charge in [0, 0.05) is 16.7 Å². The van der Waals surface area contributed by atoms with Crippen LogP contribution in [0.25, 0.3) is 0 Å². The number of amides is 1. The van der Waals surface area contributed by atoms with Crippen LogP contribution in [0.3, 0.4) is 0 Å². The largest absolute Gasteiger partial charge is 0.486 e. The Hall–Kier alpha value is -2.32. The molecule has 0 aliphatic rings. The van der Waals surface area contributed by atoms with Gasteiger partial charge < -0.3 is 14.6 Å². The summed E-state index contributed by atoms with van der Waals surface area (Å²) in [5, 5.41) is 12.2. The number of aromatic nitrogens is 3. The SMILES string of the molecule is CCn1c(COc2ccc(C(C)C)cc2)nnc1SCC(=O)Nc1ccc(Br)cc1C. The maximum atomic E-state index is 12.4. The quantitative estimate of drug-likeness (QED) is 0.374. The van der Waals surface area contributed by atoms with Crippen LogP contribution in [0.5, 0.6) is 5.75 Å². The monoisotopic (exact) mass is 502 g/mol. The van der Waals surface area contributed by atoms with Gasteiger partial charge in [0.1, 0.15) is 12.4 Å². The third-order valence-electron chi connectivity index (χ3n) is 4.82. The van der Waals surface area contributed by atoms with Gasteiger partial charge in [-0.05, 0) is 61.2 Å². The van der Waals surface area contributed by atoms with Crippen LogP contribution in [-0.2, 0) is 17.9 Å². The van der Waals surface area contributed by atoms with Crippen molar-refractivity contribution in [2.75, 3.05) is 11.1 Å². The van der Waals surface area contributed by atoms with Crippen molar-refractivity contribution in [3.8, 4) is 5.75 Å². The molecule has 1 N–H and O–H groups in total. The molecule has 0 bridgehead atoms. The second-order valence-electron chi connectivity index (χ2n) is 7.45. The number of nitrogens with one attached hydrogen (secondary N) is 1. The lowest BCUT2D eigenvalue weighted by Gasteiger charge is -2.11. The fourth-order valence-electron chi connectivity index (χ4n) is 3.03. The van der Waals surface area contributed by atoms with E-state index < -0.39 is 0 Å². The van der Waals surface area contributed by atoms with Crippen LogP contribution in [0.1, 0.15) is 43.6 Å². The number of carbonyl (C=O) groups excluding carboxylic acids is 1. The number of rotatable bonds is 9. The normalized spacial score (nSPS) is 11.0. The highest BCUT2D eigenvalue weighted by Crippen LogP contribution is 2.23. The molecule has 6 nitrogen and oxygen atoms in total. The van der Waals surface area contributed by atoms with Crippen molar-refractivity contribution < 1.29 is 9.53 Å². The summed E-state index contributed by atoms with van der Waals surface area (Å²) in [5.74, 6) is 2.20. The van der Waals surface area contributed by atoms with Crippen molar-refractivity contribution in [2.45, 2.75) is 51.9 Å². The minimum Gasteiger partial charge on any atom is -0.486 e. The molecule has 1 heterocycles. The number of hydrogen-bond acceptors (Lipinski definition) is 5. The Bertz CT molecular complexity index is 1030. The Morgan fingerprint density at radius 3 is 2.58 bits per heavy atom. The standard InChI is InChI=1S/C23H27BrN4O2S/c1-5-28-21(13-30-19-9-6-17(7-10-19)15(2)3)26-27-23(28)31-14-22(29)25-20-11-8-18(24)12-16(20)4/h6-12,15H,5,13-14H2,1-4H3,(H,25,29). The van der Waals surface area contributed by atoms with E-state index in [0.29, 0.717) is 24.2 Å². The number of carbonyl (C=O) groups is 1. The lowest BCUT2D eigenvalue weighted by atomic mass is 10.0. The molecular weight excluding hydrogens is 476 g/mol. The van der Waals surface area contributed by atoms with E-state index in [1.807, 2.05) is 48.7 Å². The molecule has 164 valence electrons. The zero-order valence-corrected chi connectivity index (χ0v) is 20.6. The Balaban J connectivity index is 1.57. The summed E-state index contributed by atoms with van der Waals surface area (Å²) in [6.45, 7) is 9.35. The number of ether oxygens (including phenoxy) is 1. The highest BCUT2D eigenvalue weighted by atomic mass is 79.9.